The van der Waals surface area contributed by atoms with Crippen LogP contribution in [0.5, 0.6) is 0 Å². The molecule has 0 amide bonds. The van der Waals surface area contributed by atoms with E-state index in [0.29, 0.717) is 6.04 Å². The van der Waals surface area contributed by atoms with Gasteiger partial charge < -0.3 is 5.73 Å². The molecule has 1 aliphatic rings. The molecule has 1 saturated carbocycles. The molecule has 5 nitrogen and oxygen atoms in total. The smallest absolute Gasteiger partial charge is 0.162 e. The van der Waals surface area contributed by atoms with Crippen molar-refractivity contribution in [3.63, 3.8) is 0 Å². The average Bonchev–Trinajstić information content (AvgIpc) is 3.01. The molecule has 0 unspecified atom stereocenters. The van der Waals surface area contributed by atoms with Gasteiger partial charge in [-0.15, -0.1) is 0 Å². The zero-order valence-corrected chi connectivity index (χ0v) is 14.2. The first-order chi connectivity index (χ1) is 11.6. The summed E-state index contributed by atoms with van der Waals surface area (Å²) < 4.78 is 2.12. The lowest BCUT2D eigenvalue weighted by atomic mass is 9.87. The van der Waals surface area contributed by atoms with Gasteiger partial charge in [0.05, 0.1) is 23.3 Å². The normalized spacial score (nSPS) is 21.2. The standard InChI is InChI=1S/C19H23N5/c1-12-3-9-16(10-4-12)24-19-17(11-21-24)13(2)22-18(23-19)14-5-7-15(20)8-6-14/h5-8,11-12,16H,3-4,9-10,20H2,1-2H3. The van der Waals surface area contributed by atoms with E-state index < -0.39 is 0 Å². The van der Waals surface area contributed by atoms with E-state index in [1.807, 2.05) is 37.4 Å². The second-order valence-electron chi connectivity index (χ2n) is 6.99. The highest BCUT2D eigenvalue weighted by Gasteiger charge is 2.23. The molecular formula is C19H23N5. The van der Waals surface area contributed by atoms with Gasteiger partial charge in [0, 0.05) is 11.3 Å². The summed E-state index contributed by atoms with van der Waals surface area (Å²) in [6.45, 7) is 4.36. The highest BCUT2D eigenvalue weighted by atomic mass is 15.3. The van der Waals surface area contributed by atoms with E-state index in [2.05, 4.69) is 21.7 Å². The zero-order valence-electron chi connectivity index (χ0n) is 14.2. The molecular weight excluding hydrogens is 298 g/mol. The van der Waals surface area contributed by atoms with E-state index in [0.717, 1.165) is 39.7 Å². The van der Waals surface area contributed by atoms with Gasteiger partial charge in [-0.1, -0.05) is 6.92 Å². The summed E-state index contributed by atoms with van der Waals surface area (Å²) in [5.74, 6) is 1.57. The zero-order chi connectivity index (χ0) is 16.7. The molecule has 2 aromatic heterocycles. The number of anilines is 1. The van der Waals surface area contributed by atoms with Gasteiger partial charge in [-0.05, 0) is 62.8 Å². The number of nitrogens with two attached hydrogens (primary N) is 1. The lowest BCUT2D eigenvalue weighted by molar-refractivity contribution is 0.278. The molecule has 0 spiro atoms. The van der Waals surface area contributed by atoms with Crippen molar-refractivity contribution in [3.8, 4) is 11.4 Å². The van der Waals surface area contributed by atoms with Crippen molar-refractivity contribution in [2.24, 2.45) is 5.92 Å². The van der Waals surface area contributed by atoms with Crippen molar-refractivity contribution >= 4 is 16.7 Å². The monoisotopic (exact) mass is 321 g/mol. The first kappa shape index (κ1) is 15.1. The SMILES string of the molecule is Cc1nc(-c2ccc(N)cc2)nc2c1cnn2C1CCC(C)CC1. The van der Waals surface area contributed by atoms with Gasteiger partial charge in [0.15, 0.2) is 11.5 Å². The quantitative estimate of drug-likeness (QED) is 0.720. The van der Waals surface area contributed by atoms with Gasteiger partial charge in [-0.3, -0.25) is 0 Å². The lowest BCUT2D eigenvalue weighted by Gasteiger charge is -2.26. The number of hydrogen-bond donors (Lipinski definition) is 1. The van der Waals surface area contributed by atoms with Crippen LogP contribution in [0.25, 0.3) is 22.4 Å². The molecule has 24 heavy (non-hydrogen) atoms. The van der Waals surface area contributed by atoms with E-state index >= 15 is 0 Å². The Bertz CT molecular complexity index is 857. The largest absolute Gasteiger partial charge is 0.399 e. The van der Waals surface area contributed by atoms with Crippen LogP contribution in [0.3, 0.4) is 0 Å². The van der Waals surface area contributed by atoms with E-state index in [1.165, 1.54) is 25.7 Å². The predicted octanol–water partition coefficient (Wildman–Crippen LogP) is 4.14. The van der Waals surface area contributed by atoms with Gasteiger partial charge in [-0.2, -0.15) is 5.10 Å². The molecule has 2 heterocycles. The molecule has 2 N–H and O–H groups in total. The number of rotatable bonds is 2. The van der Waals surface area contributed by atoms with Gasteiger partial charge in [0.1, 0.15) is 0 Å². The summed E-state index contributed by atoms with van der Waals surface area (Å²) in [5, 5.41) is 5.70. The van der Waals surface area contributed by atoms with Crippen molar-refractivity contribution in [3.05, 3.63) is 36.2 Å². The molecule has 1 fully saturated rings. The Morgan fingerprint density at radius 2 is 1.75 bits per heavy atom. The summed E-state index contributed by atoms with van der Waals surface area (Å²) in [6, 6.07) is 8.17. The van der Waals surface area contributed by atoms with Crippen LogP contribution >= 0.6 is 0 Å². The fraction of sp³-hybridized carbons (Fsp3) is 0.421. The summed E-state index contributed by atoms with van der Waals surface area (Å²) in [5.41, 5.74) is 9.45. The van der Waals surface area contributed by atoms with E-state index in [1.54, 1.807) is 0 Å². The van der Waals surface area contributed by atoms with Crippen molar-refractivity contribution in [1.29, 1.82) is 0 Å². The maximum absolute atomic E-state index is 5.79. The summed E-state index contributed by atoms with van der Waals surface area (Å²) in [6.07, 6.45) is 6.80. The highest BCUT2D eigenvalue weighted by Crippen LogP contribution is 2.33. The van der Waals surface area contributed by atoms with Gasteiger partial charge in [-0.25, -0.2) is 14.6 Å². The minimum Gasteiger partial charge on any atom is -0.399 e. The van der Waals surface area contributed by atoms with Crippen molar-refractivity contribution in [1.82, 2.24) is 19.7 Å². The first-order valence-electron chi connectivity index (χ1n) is 8.69. The van der Waals surface area contributed by atoms with Crippen LogP contribution in [0.2, 0.25) is 0 Å². The molecule has 0 saturated heterocycles. The summed E-state index contributed by atoms with van der Waals surface area (Å²) >= 11 is 0. The average molecular weight is 321 g/mol. The van der Waals surface area contributed by atoms with Crippen LogP contribution in [0.1, 0.15) is 44.3 Å². The fourth-order valence-electron chi connectivity index (χ4n) is 3.58. The second-order valence-corrected chi connectivity index (χ2v) is 6.99. The Kier molecular flexibility index (Phi) is 3.71. The van der Waals surface area contributed by atoms with Crippen molar-refractivity contribution in [2.45, 2.75) is 45.6 Å². The topological polar surface area (TPSA) is 69.6 Å². The second kappa shape index (κ2) is 5.89. The fourth-order valence-corrected chi connectivity index (χ4v) is 3.58. The number of benzene rings is 1. The Balaban J connectivity index is 1.78. The predicted molar refractivity (Wildman–Crippen MR) is 96.6 cm³/mol. The summed E-state index contributed by atoms with van der Waals surface area (Å²) in [7, 11) is 0. The van der Waals surface area contributed by atoms with Crippen molar-refractivity contribution < 1.29 is 0 Å². The highest BCUT2D eigenvalue weighted by molar-refractivity contribution is 5.79. The molecule has 5 heteroatoms. The molecule has 124 valence electrons. The Morgan fingerprint density at radius 1 is 1.04 bits per heavy atom. The van der Waals surface area contributed by atoms with E-state index in [9.17, 15) is 0 Å². The Morgan fingerprint density at radius 3 is 2.46 bits per heavy atom. The molecule has 0 radical (unpaired) electrons. The lowest BCUT2D eigenvalue weighted by Crippen LogP contribution is -2.18. The van der Waals surface area contributed by atoms with Crippen LogP contribution in [0.15, 0.2) is 30.5 Å². The molecule has 3 aromatic rings. The minimum atomic E-state index is 0.451. The van der Waals surface area contributed by atoms with Gasteiger partial charge in [0.25, 0.3) is 0 Å². The number of aromatic nitrogens is 4. The number of nitrogen functional groups attached to an aromatic ring is 1. The third-order valence-corrected chi connectivity index (χ3v) is 5.14. The molecule has 0 aliphatic heterocycles. The van der Waals surface area contributed by atoms with Gasteiger partial charge >= 0.3 is 0 Å². The number of aryl methyl sites for hydroxylation is 1. The first-order valence-corrected chi connectivity index (χ1v) is 8.69. The summed E-state index contributed by atoms with van der Waals surface area (Å²) in [4.78, 5) is 9.51. The molecule has 0 atom stereocenters. The maximum atomic E-state index is 5.79. The molecule has 1 aliphatic carbocycles. The minimum absolute atomic E-state index is 0.451. The number of hydrogen-bond acceptors (Lipinski definition) is 4. The molecule has 4 rings (SSSR count). The number of nitrogens with zero attached hydrogens (tertiary/aromatic N) is 4. The van der Waals surface area contributed by atoms with Crippen LogP contribution in [0, 0.1) is 12.8 Å². The Labute approximate surface area is 141 Å². The Hall–Kier alpha value is -2.43. The van der Waals surface area contributed by atoms with Crippen molar-refractivity contribution in [2.75, 3.05) is 5.73 Å². The third-order valence-electron chi connectivity index (χ3n) is 5.14. The van der Waals surface area contributed by atoms with Gasteiger partial charge in [0.2, 0.25) is 0 Å². The van der Waals surface area contributed by atoms with Crippen LogP contribution < -0.4 is 5.73 Å². The number of fused-ring (bicyclic) bond motifs is 1. The molecule has 0 bridgehead atoms. The molecule has 1 aromatic carbocycles. The third kappa shape index (κ3) is 2.64. The van der Waals surface area contributed by atoms with E-state index in [-0.39, 0.29) is 0 Å². The maximum Gasteiger partial charge on any atom is 0.162 e. The van der Waals surface area contributed by atoms with Crippen LogP contribution in [-0.4, -0.2) is 19.7 Å². The van der Waals surface area contributed by atoms with Crippen LogP contribution in [0.4, 0.5) is 5.69 Å². The van der Waals surface area contributed by atoms with E-state index in [4.69, 9.17) is 10.7 Å². The van der Waals surface area contributed by atoms with Crippen LogP contribution in [-0.2, 0) is 0 Å².